The lowest BCUT2D eigenvalue weighted by Crippen LogP contribution is -2.16. The molecule has 3 nitrogen and oxygen atoms in total. The first-order chi connectivity index (χ1) is 5.38. The zero-order valence-electron chi connectivity index (χ0n) is 6.91. The third kappa shape index (κ3) is 1.98. The zero-order chi connectivity index (χ0) is 8.10. The van der Waals surface area contributed by atoms with Crippen molar-refractivity contribution in [2.45, 2.75) is 19.4 Å². The maximum Gasteiger partial charge on any atom is 0.115 e. The highest BCUT2D eigenvalue weighted by Gasteiger charge is 2.05. The van der Waals surface area contributed by atoms with Gasteiger partial charge in [-0.2, -0.15) is 0 Å². The van der Waals surface area contributed by atoms with Gasteiger partial charge in [0.15, 0.2) is 0 Å². The first-order valence-corrected chi connectivity index (χ1v) is 3.81. The summed E-state index contributed by atoms with van der Waals surface area (Å²) in [6.07, 6.45) is 4.39. The summed E-state index contributed by atoms with van der Waals surface area (Å²) in [5, 5.41) is 3.18. The van der Waals surface area contributed by atoms with Crippen LogP contribution in [0, 0.1) is 0 Å². The Bertz CT molecular complexity index is 194. The molecule has 1 unspecified atom stereocenters. The summed E-state index contributed by atoms with van der Waals surface area (Å²) in [6, 6.07) is 2.29. The minimum Gasteiger partial charge on any atom is -0.312 e. The van der Waals surface area contributed by atoms with Crippen molar-refractivity contribution in [1.29, 1.82) is 0 Å². The standard InChI is InChI=1S/C8H13N3/c1-3-7(9-2)8-4-5-10-6-11-8/h4-7,9H,3H2,1-2H3. The van der Waals surface area contributed by atoms with Crippen LogP contribution in [-0.2, 0) is 0 Å². The number of hydrogen-bond donors (Lipinski definition) is 1. The van der Waals surface area contributed by atoms with E-state index in [9.17, 15) is 0 Å². The molecule has 1 aromatic heterocycles. The molecular formula is C8H13N3. The second-order valence-corrected chi connectivity index (χ2v) is 2.38. The van der Waals surface area contributed by atoms with Crippen molar-refractivity contribution in [3.8, 4) is 0 Å². The second-order valence-electron chi connectivity index (χ2n) is 2.38. The lowest BCUT2D eigenvalue weighted by atomic mass is 10.1. The Morgan fingerprint density at radius 3 is 2.91 bits per heavy atom. The molecule has 1 N–H and O–H groups in total. The molecule has 0 fully saturated rings. The van der Waals surface area contributed by atoms with Crippen LogP contribution in [0.4, 0.5) is 0 Å². The van der Waals surface area contributed by atoms with Crippen LogP contribution in [0.1, 0.15) is 25.1 Å². The fourth-order valence-corrected chi connectivity index (χ4v) is 1.07. The minimum absolute atomic E-state index is 0.359. The van der Waals surface area contributed by atoms with Crippen molar-refractivity contribution in [3.63, 3.8) is 0 Å². The lowest BCUT2D eigenvalue weighted by Gasteiger charge is -2.11. The monoisotopic (exact) mass is 151 g/mol. The van der Waals surface area contributed by atoms with Crippen LogP contribution in [0.25, 0.3) is 0 Å². The first-order valence-electron chi connectivity index (χ1n) is 3.81. The van der Waals surface area contributed by atoms with E-state index in [1.807, 2.05) is 13.1 Å². The molecular weight excluding hydrogens is 138 g/mol. The smallest absolute Gasteiger partial charge is 0.115 e. The third-order valence-corrected chi connectivity index (χ3v) is 1.72. The van der Waals surface area contributed by atoms with E-state index in [-0.39, 0.29) is 0 Å². The molecule has 60 valence electrons. The normalized spacial score (nSPS) is 12.9. The Kier molecular flexibility index (Phi) is 2.98. The van der Waals surface area contributed by atoms with Crippen molar-refractivity contribution >= 4 is 0 Å². The average molecular weight is 151 g/mol. The van der Waals surface area contributed by atoms with E-state index in [1.54, 1.807) is 12.5 Å². The van der Waals surface area contributed by atoms with Gasteiger partial charge in [0.25, 0.3) is 0 Å². The van der Waals surface area contributed by atoms with Crippen LogP contribution in [0.5, 0.6) is 0 Å². The van der Waals surface area contributed by atoms with Gasteiger partial charge in [-0.25, -0.2) is 9.97 Å². The molecule has 0 spiro atoms. The summed E-state index contributed by atoms with van der Waals surface area (Å²) >= 11 is 0. The third-order valence-electron chi connectivity index (χ3n) is 1.72. The van der Waals surface area contributed by atoms with Crippen LogP contribution in [0.3, 0.4) is 0 Å². The van der Waals surface area contributed by atoms with Gasteiger partial charge >= 0.3 is 0 Å². The molecule has 0 saturated heterocycles. The van der Waals surface area contributed by atoms with E-state index in [2.05, 4.69) is 22.2 Å². The van der Waals surface area contributed by atoms with Gasteiger partial charge in [-0.3, -0.25) is 0 Å². The van der Waals surface area contributed by atoms with Crippen molar-refractivity contribution in [3.05, 3.63) is 24.3 Å². The second kappa shape index (κ2) is 4.03. The van der Waals surface area contributed by atoms with Gasteiger partial charge in [-0.15, -0.1) is 0 Å². The highest BCUT2D eigenvalue weighted by molar-refractivity contribution is 5.03. The molecule has 0 bridgehead atoms. The van der Waals surface area contributed by atoms with E-state index in [0.29, 0.717) is 6.04 Å². The van der Waals surface area contributed by atoms with Crippen LogP contribution >= 0.6 is 0 Å². The van der Waals surface area contributed by atoms with Crippen LogP contribution in [-0.4, -0.2) is 17.0 Å². The van der Waals surface area contributed by atoms with Crippen LogP contribution in [0.15, 0.2) is 18.6 Å². The summed E-state index contributed by atoms with van der Waals surface area (Å²) in [4.78, 5) is 8.00. The minimum atomic E-state index is 0.359. The van der Waals surface area contributed by atoms with Gasteiger partial charge in [-0.05, 0) is 19.5 Å². The molecule has 11 heavy (non-hydrogen) atoms. The molecule has 0 aliphatic rings. The Labute approximate surface area is 66.9 Å². The predicted molar refractivity (Wildman–Crippen MR) is 44.1 cm³/mol. The maximum atomic E-state index is 4.15. The predicted octanol–water partition coefficient (Wildman–Crippen LogP) is 1.15. The molecule has 1 rings (SSSR count). The van der Waals surface area contributed by atoms with Gasteiger partial charge in [-0.1, -0.05) is 6.92 Å². The molecule has 1 atom stereocenters. The summed E-state index contributed by atoms with van der Waals surface area (Å²) in [5.41, 5.74) is 1.06. The first kappa shape index (κ1) is 8.14. The zero-order valence-corrected chi connectivity index (χ0v) is 6.91. The highest BCUT2D eigenvalue weighted by Crippen LogP contribution is 2.10. The van der Waals surface area contributed by atoms with Gasteiger partial charge in [0.1, 0.15) is 6.33 Å². The van der Waals surface area contributed by atoms with E-state index < -0.39 is 0 Å². The van der Waals surface area contributed by atoms with Gasteiger partial charge < -0.3 is 5.32 Å². The van der Waals surface area contributed by atoms with E-state index in [0.717, 1.165) is 12.1 Å². The van der Waals surface area contributed by atoms with E-state index in [4.69, 9.17) is 0 Å². The van der Waals surface area contributed by atoms with E-state index >= 15 is 0 Å². The molecule has 0 saturated carbocycles. The number of hydrogen-bond acceptors (Lipinski definition) is 3. The average Bonchev–Trinajstić information content (AvgIpc) is 2.09. The molecule has 0 amide bonds. The van der Waals surface area contributed by atoms with Gasteiger partial charge in [0.2, 0.25) is 0 Å². The van der Waals surface area contributed by atoms with Crippen molar-refractivity contribution in [1.82, 2.24) is 15.3 Å². The summed E-state index contributed by atoms with van der Waals surface area (Å²) in [5.74, 6) is 0. The lowest BCUT2D eigenvalue weighted by molar-refractivity contribution is 0.560. The summed E-state index contributed by atoms with van der Waals surface area (Å²) in [7, 11) is 1.94. The Hall–Kier alpha value is -0.960. The fourth-order valence-electron chi connectivity index (χ4n) is 1.07. The Balaban J connectivity index is 2.74. The molecule has 1 aromatic rings. The molecule has 0 aromatic carbocycles. The van der Waals surface area contributed by atoms with E-state index in [1.165, 1.54) is 0 Å². The largest absolute Gasteiger partial charge is 0.312 e. The van der Waals surface area contributed by atoms with Crippen molar-refractivity contribution in [2.24, 2.45) is 0 Å². The Morgan fingerprint density at radius 2 is 2.45 bits per heavy atom. The summed E-state index contributed by atoms with van der Waals surface area (Å²) < 4.78 is 0. The van der Waals surface area contributed by atoms with Crippen LogP contribution in [0.2, 0.25) is 0 Å². The SMILES string of the molecule is CCC(NC)c1ccncn1. The number of aromatic nitrogens is 2. The number of nitrogens with one attached hydrogen (secondary N) is 1. The molecule has 0 aliphatic carbocycles. The Morgan fingerprint density at radius 1 is 1.64 bits per heavy atom. The molecule has 0 aliphatic heterocycles. The summed E-state index contributed by atoms with van der Waals surface area (Å²) in [6.45, 7) is 2.13. The molecule has 1 heterocycles. The molecule has 3 heteroatoms. The van der Waals surface area contributed by atoms with Gasteiger partial charge in [0, 0.05) is 12.2 Å². The maximum absolute atomic E-state index is 4.15. The fraction of sp³-hybridized carbons (Fsp3) is 0.500. The quantitative estimate of drug-likeness (QED) is 0.704. The number of nitrogens with zero attached hydrogens (tertiary/aromatic N) is 2. The molecule has 0 radical (unpaired) electrons. The highest BCUT2D eigenvalue weighted by atomic mass is 14.9. The van der Waals surface area contributed by atoms with Crippen molar-refractivity contribution in [2.75, 3.05) is 7.05 Å². The number of rotatable bonds is 3. The van der Waals surface area contributed by atoms with Crippen LogP contribution < -0.4 is 5.32 Å². The topological polar surface area (TPSA) is 37.8 Å². The van der Waals surface area contributed by atoms with Crippen molar-refractivity contribution < 1.29 is 0 Å². The van der Waals surface area contributed by atoms with Gasteiger partial charge in [0.05, 0.1) is 5.69 Å².